The molecule has 0 aromatic carbocycles. The van der Waals surface area contributed by atoms with Gasteiger partial charge >= 0.3 is 11.7 Å². The molecule has 2 rings (SSSR count). The van der Waals surface area contributed by atoms with E-state index in [0.29, 0.717) is 12.1 Å². The lowest BCUT2D eigenvalue weighted by Crippen LogP contribution is -2.28. The molecule has 1 saturated carbocycles. The van der Waals surface area contributed by atoms with Gasteiger partial charge in [-0.1, -0.05) is 13.8 Å². The van der Waals surface area contributed by atoms with Gasteiger partial charge in [0, 0.05) is 23.9 Å². The first-order chi connectivity index (χ1) is 8.74. The molecule has 1 aromatic rings. The molecule has 0 amide bonds. The maximum Gasteiger partial charge on any atom is 0.348 e. The lowest BCUT2D eigenvalue weighted by atomic mass is 10.1. The predicted octanol–water partition coefficient (Wildman–Crippen LogP) is 1.85. The highest BCUT2D eigenvalue weighted by Gasteiger charge is 2.48. The molecule has 0 aliphatic heterocycles. The molecule has 5 nitrogen and oxygen atoms in total. The van der Waals surface area contributed by atoms with Gasteiger partial charge in [-0.15, -0.1) is 0 Å². The minimum absolute atomic E-state index is 0.0651. The first-order valence-corrected chi connectivity index (χ1v) is 6.54. The lowest BCUT2D eigenvalue weighted by Gasteiger charge is -2.16. The molecular weight excluding hydrogens is 244 g/mol. The highest BCUT2D eigenvalue weighted by molar-refractivity contribution is 5.67. The predicted molar refractivity (Wildman–Crippen MR) is 71.4 cm³/mol. The minimum Gasteiger partial charge on any atom is -0.481 e. The Morgan fingerprint density at radius 2 is 2.05 bits per heavy atom. The van der Waals surface area contributed by atoms with E-state index in [1.807, 2.05) is 6.92 Å². The fourth-order valence-electron chi connectivity index (χ4n) is 2.66. The van der Waals surface area contributed by atoms with Crippen LogP contribution in [0.15, 0.2) is 4.79 Å². The van der Waals surface area contributed by atoms with Crippen LogP contribution >= 0.6 is 0 Å². The van der Waals surface area contributed by atoms with E-state index in [9.17, 15) is 9.59 Å². The number of carboxylic acids is 1. The van der Waals surface area contributed by atoms with Crippen LogP contribution in [0.5, 0.6) is 0 Å². The Kier molecular flexibility index (Phi) is 3.24. The van der Waals surface area contributed by atoms with Gasteiger partial charge in [-0.3, -0.25) is 9.36 Å². The van der Waals surface area contributed by atoms with Crippen LogP contribution in [0.4, 0.5) is 0 Å². The van der Waals surface area contributed by atoms with Crippen molar-refractivity contribution in [2.45, 2.75) is 53.0 Å². The van der Waals surface area contributed by atoms with E-state index >= 15 is 0 Å². The van der Waals surface area contributed by atoms with Gasteiger partial charge in [0.2, 0.25) is 0 Å². The molecule has 0 radical (unpaired) electrons. The topological polar surface area (TPSA) is 72.2 Å². The molecule has 19 heavy (non-hydrogen) atoms. The van der Waals surface area contributed by atoms with Crippen molar-refractivity contribution < 1.29 is 9.90 Å². The molecule has 1 unspecified atom stereocenters. The third-order valence-electron chi connectivity index (χ3n) is 4.07. The Bertz CT molecular complexity index is 587. The van der Waals surface area contributed by atoms with Crippen molar-refractivity contribution in [3.63, 3.8) is 0 Å². The standard InChI is InChI=1S/C14H20N2O3/c1-8-10(5-6-12(17)18)9(2)16(13(19)15-8)11-7-14(11,3)4/h11H,5-7H2,1-4H3,(H,17,18). The van der Waals surface area contributed by atoms with Crippen LogP contribution in [-0.4, -0.2) is 20.6 Å². The molecule has 1 aromatic heterocycles. The summed E-state index contributed by atoms with van der Waals surface area (Å²) < 4.78 is 1.74. The average Bonchev–Trinajstić information content (AvgIpc) is 2.85. The zero-order chi connectivity index (χ0) is 14.4. The second kappa shape index (κ2) is 4.47. The molecule has 0 saturated heterocycles. The Morgan fingerprint density at radius 1 is 1.47 bits per heavy atom. The van der Waals surface area contributed by atoms with Crippen molar-refractivity contribution in [1.82, 2.24) is 9.55 Å². The summed E-state index contributed by atoms with van der Waals surface area (Å²) in [5.41, 5.74) is 2.33. The van der Waals surface area contributed by atoms with E-state index in [1.54, 1.807) is 11.5 Å². The summed E-state index contributed by atoms with van der Waals surface area (Å²) in [6.45, 7) is 7.91. The summed E-state index contributed by atoms with van der Waals surface area (Å²) in [7, 11) is 0. The molecule has 0 bridgehead atoms. The van der Waals surface area contributed by atoms with Gasteiger partial charge < -0.3 is 5.11 Å². The van der Waals surface area contributed by atoms with Crippen LogP contribution in [0.1, 0.15) is 49.7 Å². The third kappa shape index (κ3) is 2.55. The molecule has 1 N–H and O–H groups in total. The van der Waals surface area contributed by atoms with Gasteiger partial charge in [0.1, 0.15) is 0 Å². The van der Waals surface area contributed by atoms with Crippen LogP contribution in [0.2, 0.25) is 0 Å². The second-order valence-corrected chi connectivity index (χ2v) is 6.02. The molecule has 1 aliphatic rings. The minimum atomic E-state index is -0.830. The van der Waals surface area contributed by atoms with Crippen LogP contribution in [0.3, 0.4) is 0 Å². The number of aromatic nitrogens is 2. The van der Waals surface area contributed by atoms with Gasteiger partial charge in [-0.05, 0) is 37.7 Å². The smallest absolute Gasteiger partial charge is 0.348 e. The van der Waals surface area contributed by atoms with Crippen molar-refractivity contribution in [3.8, 4) is 0 Å². The van der Waals surface area contributed by atoms with E-state index in [1.165, 1.54) is 0 Å². The number of hydrogen-bond donors (Lipinski definition) is 1. The molecule has 1 aliphatic carbocycles. The van der Waals surface area contributed by atoms with Gasteiger partial charge in [-0.2, -0.15) is 4.98 Å². The van der Waals surface area contributed by atoms with Crippen molar-refractivity contribution in [1.29, 1.82) is 0 Å². The number of aryl methyl sites for hydroxylation is 1. The Labute approximate surface area is 112 Å². The number of hydrogen-bond acceptors (Lipinski definition) is 3. The van der Waals surface area contributed by atoms with Crippen LogP contribution in [0.25, 0.3) is 0 Å². The van der Waals surface area contributed by atoms with Crippen molar-refractivity contribution in [2.24, 2.45) is 5.41 Å². The molecular formula is C14H20N2O3. The van der Waals surface area contributed by atoms with E-state index in [-0.39, 0.29) is 23.6 Å². The fraction of sp³-hybridized carbons (Fsp3) is 0.643. The van der Waals surface area contributed by atoms with Gasteiger partial charge in [0.15, 0.2) is 0 Å². The van der Waals surface area contributed by atoms with E-state index in [0.717, 1.165) is 17.7 Å². The maximum atomic E-state index is 12.1. The summed E-state index contributed by atoms with van der Waals surface area (Å²) in [6, 6.07) is 0.191. The largest absolute Gasteiger partial charge is 0.481 e. The number of rotatable bonds is 4. The fourth-order valence-corrected chi connectivity index (χ4v) is 2.66. The Hall–Kier alpha value is -1.65. The van der Waals surface area contributed by atoms with Gasteiger partial charge in [-0.25, -0.2) is 4.79 Å². The van der Waals surface area contributed by atoms with Gasteiger partial charge in [0.25, 0.3) is 0 Å². The summed E-state index contributed by atoms with van der Waals surface area (Å²) >= 11 is 0. The van der Waals surface area contributed by atoms with E-state index in [4.69, 9.17) is 5.11 Å². The average molecular weight is 264 g/mol. The summed E-state index contributed by atoms with van der Waals surface area (Å²) in [5, 5.41) is 8.80. The van der Waals surface area contributed by atoms with Gasteiger partial charge in [0.05, 0.1) is 0 Å². The van der Waals surface area contributed by atoms with Crippen molar-refractivity contribution in [2.75, 3.05) is 0 Å². The number of nitrogens with zero attached hydrogens (tertiary/aromatic N) is 2. The van der Waals surface area contributed by atoms with Crippen molar-refractivity contribution in [3.05, 3.63) is 27.4 Å². The summed E-state index contributed by atoms with van der Waals surface area (Å²) in [6.07, 6.45) is 1.46. The molecule has 104 valence electrons. The normalized spacial score (nSPS) is 20.3. The highest BCUT2D eigenvalue weighted by Crippen LogP contribution is 2.55. The first kappa shape index (κ1) is 13.8. The molecule has 0 spiro atoms. The van der Waals surface area contributed by atoms with E-state index < -0.39 is 5.97 Å². The lowest BCUT2D eigenvalue weighted by molar-refractivity contribution is -0.136. The summed E-state index contributed by atoms with van der Waals surface area (Å²) in [4.78, 5) is 26.8. The third-order valence-corrected chi connectivity index (χ3v) is 4.07. The quantitative estimate of drug-likeness (QED) is 0.900. The second-order valence-electron chi connectivity index (χ2n) is 6.02. The maximum absolute atomic E-state index is 12.1. The SMILES string of the molecule is Cc1nc(=O)n(C2CC2(C)C)c(C)c1CCC(=O)O. The molecule has 1 fully saturated rings. The molecule has 1 atom stereocenters. The molecule has 1 heterocycles. The molecule has 5 heteroatoms. The van der Waals surface area contributed by atoms with Crippen LogP contribution in [-0.2, 0) is 11.2 Å². The number of carboxylic acid groups (broad SMARTS) is 1. The van der Waals surface area contributed by atoms with Crippen LogP contribution < -0.4 is 5.69 Å². The zero-order valence-electron chi connectivity index (χ0n) is 11.9. The zero-order valence-corrected chi connectivity index (χ0v) is 11.9. The summed E-state index contributed by atoms with van der Waals surface area (Å²) in [5.74, 6) is -0.830. The number of aliphatic carboxylic acids is 1. The monoisotopic (exact) mass is 264 g/mol. The first-order valence-electron chi connectivity index (χ1n) is 6.54. The number of carbonyl (C=O) groups is 1. The van der Waals surface area contributed by atoms with Crippen LogP contribution in [0, 0.1) is 19.3 Å². The van der Waals surface area contributed by atoms with Crippen molar-refractivity contribution >= 4 is 5.97 Å². The van der Waals surface area contributed by atoms with E-state index in [2.05, 4.69) is 18.8 Å². The Balaban J connectivity index is 2.42. The Morgan fingerprint density at radius 3 is 2.53 bits per heavy atom. The highest BCUT2D eigenvalue weighted by atomic mass is 16.4.